The maximum Gasteiger partial charge on any atom is 0.148 e. The summed E-state index contributed by atoms with van der Waals surface area (Å²) in [7, 11) is -2.82. The van der Waals surface area contributed by atoms with Gasteiger partial charge in [0.05, 0.1) is 5.75 Å². The fourth-order valence-electron chi connectivity index (χ4n) is 2.37. The van der Waals surface area contributed by atoms with Crippen LogP contribution in [0.4, 0.5) is 0 Å². The molecule has 0 atom stereocenters. The minimum atomic E-state index is -2.82. The molecule has 16 heavy (non-hydrogen) atoms. The maximum absolute atomic E-state index is 11.3. The van der Waals surface area contributed by atoms with Gasteiger partial charge in [0, 0.05) is 18.8 Å². The van der Waals surface area contributed by atoms with Crippen molar-refractivity contribution >= 4 is 21.6 Å². The first-order chi connectivity index (χ1) is 7.49. The molecule has 1 aliphatic carbocycles. The van der Waals surface area contributed by atoms with E-state index in [0.717, 1.165) is 19.4 Å². The number of nitrogens with one attached hydrogen (secondary N) is 1. The van der Waals surface area contributed by atoms with Crippen LogP contribution in [0, 0.1) is 5.41 Å². The van der Waals surface area contributed by atoms with Gasteiger partial charge in [0.1, 0.15) is 9.84 Å². The summed E-state index contributed by atoms with van der Waals surface area (Å²) < 4.78 is 22.6. The van der Waals surface area contributed by atoms with Gasteiger partial charge in [0.2, 0.25) is 0 Å². The number of hydrogen-bond donors (Lipinski definition) is 1. The fourth-order valence-corrected chi connectivity index (χ4v) is 4.98. The van der Waals surface area contributed by atoms with Crippen LogP contribution in [0.15, 0.2) is 0 Å². The van der Waals surface area contributed by atoms with Crippen molar-refractivity contribution in [2.75, 3.05) is 30.1 Å². The van der Waals surface area contributed by atoms with Crippen LogP contribution in [0.25, 0.3) is 0 Å². The molecule has 0 aromatic rings. The molecule has 2 aliphatic rings. The molecule has 0 radical (unpaired) electrons. The van der Waals surface area contributed by atoms with Crippen LogP contribution < -0.4 is 5.32 Å². The molecule has 94 valence electrons. The van der Waals surface area contributed by atoms with Crippen LogP contribution in [0.1, 0.15) is 25.7 Å². The molecule has 2 fully saturated rings. The highest BCUT2D eigenvalue weighted by atomic mass is 32.2. The standard InChI is InChI=1S/C11H21NO2S2/c1-16(13,14)9-11(4-5-11)8-12-10-2-6-15-7-3-10/h10,12H,2-9H2,1H3. The Morgan fingerprint density at radius 3 is 2.44 bits per heavy atom. The summed E-state index contributed by atoms with van der Waals surface area (Å²) in [5, 5.41) is 3.57. The topological polar surface area (TPSA) is 46.2 Å². The zero-order valence-corrected chi connectivity index (χ0v) is 11.5. The van der Waals surface area contributed by atoms with Gasteiger partial charge < -0.3 is 5.32 Å². The number of hydrogen-bond acceptors (Lipinski definition) is 4. The van der Waals surface area contributed by atoms with Gasteiger partial charge in [-0.3, -0.25) is 0 Å². The van der Waals surface area contributed by atoms with Crippen molar-refractivity contribution in [3.8, 4) is 0 Å². The van der Waals surface area contributed by atoms with Crippen molar-refractivity contribution in [1.82, 2.24) is 5.32 Å². The molecule has 2 rings (SSSR count). The van der Waals surface area contributed by atoms with E-state index in [2.05, 4.69) is 5.32 Å². The summed E-state index contributed by atoms with van der Waals surface area (Å²) >= 11 is 2.02. The Labute approximate surface area is 103 Å². The van der Waals surface area contributed by atoms with Crippen LogP contribution in [-0.2, 0) is 9.84 Å². The molecule has 1 aliphatic heterocycles. The van der Waals surface area contributed by atoms with E-state index in [1.54, 1.807) is 0 Å². The predicted molar refractivity (Wildman–Crippen MR) is 69.7 cm³/mol. The predicted octanol–water partition coefficient (Wildman–Crippen LogP) is 1.30. The summed E-state index contributed by atoms with van der Waals surface area (Å²) in [6, 6.07) is 0.623. The van der Waals surface area contributed by atoms with Gasteiger partial charge in [0.15, 0.2) is 0 Å². The van der Waals surface area contributed by atoms with E-state index in [1.807, 2.05) is 11.8 Å². The van der Waals surface area contributed by atoms with E-state index in [9.17, 15) is 8.42 Å². The lowest BCUT2D eigenvalue weighted by molar-refractivity contribution is 0.415. The molecule has 0 aromatic carbocycles. The molecule has 1 N–H and O–H groups in total. The molecular weight excluding hydrogens is 242 g/mol. The fraction of sp³-hybridized carbons (Fsp3) is 1.00. The Morgan fingerprint density at radius 2 is 1.94 bits per heavy atom. The van der Waals surface area contributed by atoms with Crippen molar-refractivity contribution in [1.29, 1.82) is 0 Å². The highest BCUT2D eigenvalue weighted by Crippen LogP contribution is 2.46. The summed E-state index contributed by atoms with van der Waals surface area (Å²) in [5.74, 6) is 2.86. The minimum absolute atomic E-state index is 0.0815. The molecule has 5 heteroatoms. The molecule has 0 spiro atoms. The molecule has 1 saturated carbocycles. The third-order valence-electron chi connectivity index (χ3n) is 3.51. The maximum atomic E-state index is 11.3. The lowest BCUT2D eigenvalue weighted by Crippen LogP contribution is -2.38. The second kappa shape index (κ2) is 4.86. The summed E-state index contributed by atoms with van der Waals surface area (Å²) in [6.45, 7) is 0.898. The summed E-state index contributed by atoms with van der Waals surface area (Å²) in [4.78, 5) is 0. The SMILES string of the molecule is CS(=O)(=O)CC1(CNC2CCSCC2)CC1. The van der Waals surface area contributed by atoms with Gasteiger partial charge in [-0.1, -0.05) is 0 Å². The molecule has 1 saturated heterocycles. The summed E-state index contributed by atoms with van der Waals surface area (Å²) in [6.07, 6.45) is 5.98. The zero-order chi connectivity index (χ0) is 11.6. The van der Waals surface area contributed by atoms with Crippen molar-refractivity contribution in [3.05, 3.63) is 0 Å². The van der Waals surface area contributed by atoms with E-state index in [1.165, 1.54) is 30.6 Å². The first-order valence-electron chi connectivity index (χ1n) is 5.98. The monoisotopic (exact) mass is 263 g/mol. The van der Waals surface area contributed by atoms with Gasteiger partial charge in [-0.15, -0.1) is 0 Å². The third-order valence-corrected chi connectivity index (χ3v) is 5.70. The van der Waals surface area contributed by atoms with Gasteiger partial charge in [-0.05, 0) is 42.6 Å². The van der Waals surface area contributed by atoms with Crippen molar-refractivity contribution < 1.29 is 8.42 Å². The second-order valence-electron chi connectivity index (χ2n) is 5.34. The molecule has 3 nitrogen and oxygen atoms in total. The zero-order valence-electron chi connectivity index (χ0n) is 9.87. The average molecular weight is 263 g/mol. The van der Waals surface area contributed by atoms with Crippen molar-refractivity contribution in [3.63, 3.8) is 0 Å². The van der Waals surface area contributed by atoms with Crippen molar-refractivity contribution in [2.24, 2.45) is 5.41 Å². The second-order valence-corrected chi connectivity index (χ2v) is 8.70. The van der Waals surface area contributed by atoms with Gasteiger partial charge in [0.25, 0.3) is 0 Å². The molecule has 1 heterocycles. The molecular formula is C11H21NO2S2. The quantitative estimate of drug-likeness (QED) is 0.812. The van der Waals surface area contributed by atoms with Crippen LogP contribution in [-0.4, -0.2) is 44.5 Å². The van der Waals surface area contributed by atoms with E-state index in [4.69, 9.17) is 0 Å². The average Bonchev–Trinajstić information content (AvgIpc) is 2.95. The van der Waals surface area contributed by atoms with Gasteiger partial charge in [-0.25, -0.2) is 8.42 Å². The Balaban J connectivity index is 1.76. The molecule has 0 aromatic heterocycles. The minimum Gasteiger partial charge on any atom is -0.313 e. The Hall–Kier alpha value is 0.260. The van der Waals surface area contributed by atoms with Gasteiger partial charge >= 0.3 is 0 Å². The van der Waals surface area contributed by atoms with Crippen LogP contribution in [0.2, 0.25) is 0 Å². The van der Waals surface area contributed by atoms with Crippen LogP contribution in [0.5, 0.6) is 0 Å². The van der Waals surface area contributed by atoms with E-state index < -0.39 is 9.84 Å². The molecule has 0 unspecified atom stereocenters. The Bertz CT molecular complexity index is 330. The summed E-state index contributed by atoms with van der Waals surface area (Å²) in [5.41, 5.74) is 0.0815. The highest BCUT2D eigenvalue weighted by molar-refractivity contribution is 7.99. The third kappa shape index (κ3) is 3.93. The highest BCUT2D eigenvalue weighted by Gasteiger charge is 2.45. The van der Waals surface area contributed by atoms with Gasteiger partial charge in [-0.2, -0.15) is 11.8 Å². The number of sulfone groups is 1. The molecule has 0 amide bonds. The van der Waals surface area contributed by atoms with Crippen LogP contribution >= 0.6 is 11.8 Å². The number of thioether (sulfide) groups is 1. The number of rotatable bonds is 5. The van der Waals surface area contributed by atoms with E-state index in [-0.39, 0.29) is 5.41 Å². The Morgan fingerprint density at radius 1 is 1.31 bits per heavy atom. The Kier molecular flexibility index (Phi) is 3.86. The van der Waals surface area contributed by atoms with Crippen LogP contribution in [0.3, 0.4) is 0 Å². The van der Waals surface area contributed by atoms with E-state index >= 15 is 0 Å². The lowest BCUT2D eigenvalue weighted by atomic mass is 10.1. The lowest BCUT2D eigenvalue weighted by Gasteiger charge is -2.25. The molecule has 0 bridgehead atoms. The normalized spacial score (nSPS) is 25.6. The smallest absolute Gasteiger partial charge is 0.148 e. The largest absolute Gasteiger partial charge is 0.313 e. The van der Waals surface area contributed by atoms with E-state index in [0.29, 0.717) is 11.8 Å². The first kappa shape index (κ1) is 12.7. The first-order valence-corrected chi connectivity index (χ1v) is 9.20. The van der Waals surface area contributed by atoms with Crippen molar-refractivity contribution in [2.45, 2.75) is 31.7 Å².